The molecule has 1 N–H and O–H groups in total. The maximum Gasteiger partial charge on any atom is 0.238 e. The van der Waals surface area contributed by atoms with E-state index in [9.17, 15) is 14.4 Å². The Morgan fingerprint density at radius 2 is 1.78 bits per heavy atom. The number of ether oxygens (including phenoxy) is 2. The summed E-state index contributed by atoms with van der Waals surface area (Å²) in [5.74, 6) is 0.850. The van der Waals surface area contributed by atoms with E-state index in [4.69, 9.17) is 9.47 Å². The van der Waals surface area contributed by atoms with Gasteiger partial charge in [0.1, 0.15) is 5.41 Å². The van der Waals surface area contributed by atoms with Crippen LogP contribution in [0.25, 0.3) is 0 Å². The van der Waals surface area contributed by atoms with E-state index in [2.05, 4.69) is 5.32 Å². The van der Waals surface area contributed by atoms with E-state index in [-0.39, 0.29) is 11.8 Å². The van der Waals surface area contributed by atoms with E-state index in [1.54, 1.807) is 36.2 Å². The van der Waals surface area contributed by atoms with Crippen LogP contribution in [-0.4, -0.2) is 68.4 Å². The number of nitrogens with one attached hydrogen (secondary N) is 1. The molecule has 27 heavy (non-hydrogen) atoms. The maximum atomic E-state index is 12.8. The van der Waals surface area contributed by atoms with Gasteiger partial charge in [0.15, 0.2) is 11.5 Å². The van der Waals surface area contributed by atoms with Gasteiger partial charge in [-0.2, -0.15) is 0 Å². The van der Waals surface area contributed by atoms with Gasteiger partial charge < -0.3 is 24.6 Å². The molecule has 0 unspecified atom stereocenters. The van der Waals surface area contributed by atoms with Crippen molar-refractivity contribution in [3.63, 3.8) is 0 Å². The van der Waals surface area contributed by atoms with Crippen molar-refractivity contribution in [2.24, 2.45) is 5.41 Å². The summed E-state index contributed by atoms with van der Waals surface area (Å²) in [5, 5.41) is 2.88. The zero-order valence-electron chi connectivity index (χ0n) is 15.7. The Labute approximate surface area is 158 Å². The van der Waals surface area contributed by atoms with Crippen LogP contribution in [0.1, 0.15) is 18.4 Å². The fourth-order valence-electron chi connectivity index (χ4n) is 3.34. The van der Waals surface area contributed by atoms with Gasteiger partial charge in [-0.25, -0.2) is 0 Å². The monoisotopic (exact) mass is 375 g/mol. The molecule has 3 amide bonds. The topological polar surface area (TPSA) is 88.2 Å². The van der Waals surface area contributed by atoms with Crippen molar-refractivity contribution in [1.82, 2.24) is 15.1 Å². The van der Waals surface area contributed by atoms with Crippen molar-refractivity contribution < 1.29 is 23.9 Å². The summed E-state index contributed by atoms with van der Waals surface area (Å²) < 4.78 is 10.5. The quantitative estimate of drug-likeness (QED) is 0.551. The van der Waals surface area contributed by atoms with E-state index in [0.717, 1.165) is 12.0 Å². The zero-order chi connectivity index (χ0) is 19.4. The lowest BCUT2D eigenvalue weighted by Gasteiger charge is -2.34. The Balaban J connectivity index is 1.59. The van der Waals surface area contributed by atoms with Gasteiger partial charge in [-0.15, -0.1) is 0 Å². The molecule has 146 valence electrons. The molecular formula is C19H25N3O5. The third-order valence-electron chi connectivity index (χ3n) is 5.25. The summed E-state index contributed by atoms with van der Waals surface area (Å²) in [4.78, 5) is 39.7. The molecule has 1 saturated carbocycles. The predicted octanol–water partition coefficient (Wildman–Crippen LogP) is 0.401. The molecule has 3 rings (SSSR count). The highest BCUT2D eigenvalue weighted by molar-refractivity contribution is 6.07. The van der Waals surface area contributed by atoms with E-state index >= 15 is 0 Å². The van der Waals surface area contributed by atoms with Crippen molar-refractivity contribution in [2.75, 3.05) is 40.4 Å². The fourth-order valence-corrected chi connectivity index (χ4v) is 3.34. The number of nitrogens with zero attached hydrogens (tertiary/aromatic N) is 2. The van der Waals surface area contributed by atoms with Crippen LogP contribution >= 0.6 is 0 Å². The SMILES string of the molecule is COc1ccc(CNC(=O)C2(C(=O)N3CCN(C=O)CC3)CC2)cc1OC. The molecule has 0 bridgehead atoms. The number of piperazine rings is 1. The van der Waals surface area contributed by atoms with Gasteiger partial charge in [0, 0.05) is 32.7 Å². The molecule has 8 heteroatoms. The number of carbonyl (C=O) groups is 3. The third-order valence-corrected chi connectivity index (χ3v) is 5.25. The summed E-state index contributed by atoms with van der Waals surface area (Å²) in [5.41, 5.74) is -0.0799. The van der Waals surface area contributed by atoms with Gasteiger partial charge in [-0.05, 0) is 30.5 Å². The molecule has 1 aromatic carbocycles. The summed E-state index contributed by atoms with van der Waals surface area (Å²) in [6.45, 7) is 2.29. The number of carbonyl (C=O) groups excluding carboxylic acids is 3. The minimum absolute atomic E-state index is 0.127. The van der Waals surface area contributed by atoms with Crippen LogP contribution in [0, 0.1) is 5.41 Å². The van der Waals surface area contributed by atoms with Crippen molar-refractivity contribution in [2.45, 2.75) is 19.4 Å². The first kappa shape index (κ1) is 19.0. The van der Waals surface area contributed by atoms with Crippen molar-refractivity contribution in [3.05, 3.63) is 23.8 Å². The Morgan fingerprint density at radius 1 is 1.11 bits per heavy atom. The molecule has 1 aliphatic heterocycles. The molecule has 1 aliphatic carbocycles. The standard InChI is InChI=1S/C19H25N3O5/c1-26-15-4-3-14(11-16(15)27-2)12-20-17(24)19(5-6-19)18(25)22-9-7-21(13-23)8-10-22/h3-4,11,13H,5-10,12H2,1-2H3,(H,20,24). The molecule has 0 radical (unpaired) electrons. The summed E-state index contributed by atoms with van der Waals surface area (Å²) in [6, 6.07) is 5.44. The minimum Gasteiger partial charge on any atom is -0.493 e. The van der Waals surface area contributed by atoms with Gasteiger partial charge in [0.25, 0.3) is 0 Å². The van der Waals surface area contributed by atoms with Crippen LogP contribution in [0.5, 0.6) is 11.5 Å². The second-order valence-corrected chi connectivity index (χ2v) is 6.89. The normalized spacial score (nSPS) is 17.9. The average molecular weight is 375 g/mol. The first-order valence-electron chi connectivity index (χ1n) is 9.02. The Kier molecular flexibility index (Phi) is 5.53. The predicted molar refractivity (Wildman–Crippen MR) is 97.3 cm³/mol. The first-order chi connectivity index (χ1) is 13.0. The van der Waals surface area contributed by atoms with E-state index < -0.39 is 5.41 Å². The second-order valence-electron chi connectivity index (χ2n) is 6.89. The third kappa shape index (κ3) is 3.84. The van der Waals surface area contributed by atoms with Crippen LogP contribution in [0.4, 0.5) is 0 Å². The lowest BCUT2D eigenvalue weighted by atomic mass is 10.0. The molecule has 0 atom stereocenters. The van der Waals surface area contributed by atoms with E-state index in [1.165, 1.54) is 0 Å². The molecule has 2 fully saturated rings. The molecule has 1 saturated heterocycles. The molecule has 0 spiro atoms. The molecule has 2 aliphatic rings. The number of benzene rings is 1. The fraction of sp³-hybridized carbons (Fsp3) is 0.526. The summed E-state index contributed by atoms with van der Waals surface area (Å²) in [6.07, 6.45) is 1.93. The summed E-state index contributed by atoms with van der Waals surface area (Å²) >= 11 is 0. The lowest BCUT2D eigenvalue weighted by molar-refractivity contribution is -0.146. The molecule has 8 nitrogen and oxygen atoms in total. The zero-order valence-corrected chi connectivity index (χ0v) is 15.7. The molecule has 1 aromatic rings. The lowest BCUT2D eigenvalue weighted by Crippen LogP contribution is -2.52. The minimum atomic E-state index is -0.945. The smallest absolute Gasteiger partial charge is 0.238 e. The number of hydrogen-bond donors (Lipinski definition) is 1. The summed E-state index contributed by atoms with van der Waals surface area (Å²) in [7, 11) is 3.12. The number of amides is 3. The van der Waals surface area contributed by atoms with Crippen LogP contribution in [0.15, 0.2) is 18.2 Å². The van der Waals surface area contributed by atoms with Crippen molar-refractivity contribution >= 4 is 18.2 Å². The molecular weight excluding hydrogens is 350 g/mol. The highest BCUT2D eigenvalue weighted by Crippen LogP contribution is 2.47. The average Bonchev–Trinajstić information content (AvgIpc) is 3.53. The Hall–Kier alpha value is -2.77. The van der Waals surface area contributed by atoms with Crippen LogP contribution in [0.2, 0.25) is 0 Å². The first-order valence-corrected chi connectivity index (χ1v) is 9.02. The number of methoxy groups -OCH3 is 2. The largest absolute Gasteiger partial charge is 0.493 e. The van der Waals surface area contributed by atoms with Gasteiger partial charge in [-0.3, -0.25) is 14.4 Å². The Bertz CT molecular complexity index is 724. The molecule has 1 heterocycles. The highest BCUT2D eigenvalue weighted by atomic mass is 16.5. The van der Waals surface area contributed by atoms with E-state index in [0.29, 0.717) is 57.1 Å². The van der Waals surface area contributed by atoms with Crippen LogP contribution in [-0.2, 0) is 20.9 Å². The van der Waals surface area contributed by atoms with Crippen molar-refractivity contribution in [3.8, 4) is 11.5 Å². The van der Waals surface area contributed by atoms with Gasteiger partial charge in [0.2, 0.25) is 18.2 Å². The van der Waals surface area contributed by atoms with Crippen molar-refractivity contribution in [1.29, 1.82) is 0 Å². The van der Waals surface area contributed by atoms with Crippen LogP contribution in [0.3, 0.4) is 0 Å². The van der Waals surface area contributed by atoms with Gasteiger partial charge >= 0.3 is 0 Å². The highest BCUT2D eigenvalue weighted by Gasteiger charge is 2.58. The van der Waals surface area contributed by atoms with E-state index in [1.807, 2.05) is 6.07 Å². The van der Waals surface area contributed by atoms with Gasteiger partial charge in [-0.1, -0.05) is 6.07 Å². The number of rotatable bonds is 7. The Morgan fingerprint density at radius 3 is 2.33 bits per heavy atom. The number of hydrogen-bond acceptors (Lipinski definition) is 5. The molecule has 0 aromatic heterocycles. The second kappa shape index (κ2) is 7.85. The van der Waals surface area contributed by atoms with Gasteiger partial charge in [0.05, 0.1) is 14.2 Å². The van der Waals surface area contributed by atoms with Crippen LogP contribution < -0.4 is 14.8 Å². The maximum absolute atomic E-state index is 12.8.